The Kier molecular flexibility index (Phi) is 7.37. The second kappa shape index (κ2) is 10.6. The summed E-state index contributed by atoms with van der Waals surface area (Å²) in [6.07, 6.45) is 7.44. The van der Waals surface area contributed by atoms with Gasteiger partial charge in [-0.05, 0) is 48.1 Å². The Morgan fingerprint density at radius 3 is 2.55 bits per heavy atom. The van der Waals surface area contributed by atoms with E-state index in [0.29, 0.717) is 21.4 Å². The van der Waals surface area contributed by atoms with Gasteiger partial charge in [-0.1, -0.05) is 43.5 Å². The van der Waals surface area contributed by atoms with E-state index in [2.05, 4.69) is 25.8 Å². The summed E-state index contributed by atoms with van der Waals surface area (Å²) in [6.45, 7) is 0. The molecule has 0 unspecified atom stereocenters. The highest BCUT2D eigenvalue weighted by Crippen LogP contribution is 2.28. The maximum Gasteiger partial charge on any atom is 0.265 e. The predicted octanol–water partition coefficient (Wildman–Crippen LogP) is 4.97. The number of nitrogens with one attached hydrogen (secondary N) is 3. The zero-order valence-corrected chi connectivity index (χ0v) is 18.7. The molecule has 0 radical (unpaired) electrons. The Balaban J connectivity index is 1.19. The maximum atomic E-state index is 12.2. The van der Waals surface area contributed by atoms with Crippen LogP contribution in [0.3, 0.4) is 0 Å². The van der Waals surface area contributed by atoms with Crippen LogP contribution in [0.2, 0.25) is 0 Å². The van der Waals surface area contributed by atoms with Crippen molar-refractivity contribution in [2.75, 3.05) is 16.4 Å². The molecule has 1 aliphatic carbocycles. The van der Waals surface area contributed by atoms with Crippen molar-refractivity contribution in [1.82, 2.24) is 15.2 Å². The molecule has 3 N–H and O–H groups in total. The fourth-order valence-corrected chi connectivity index (χ4v) is 4.89. The molecule has 1 aliphatic rings. The summed E-state index contributed by atoms with van der Waals surface area (Å²) in [7, 11) is 0. The van der Waals surface area contributed by atoms with Crippen LogP contribution in [-0.4, -0.2) is 32.7 Å². The number of carbonyl (C=O) groups excluding carboxylic acids is 2. The van der Waals surface area contributed by atoms with Crippen molar-refractivity contribution < 1.29 is 9.59 Å². The van der Waals surface area contributed by atoms with Crippen molar-refractivity contribution in [3.05, 3.63) is 52.5 Å². The van der Waals surface area contributed by atoms with E-state index in [-0.39, 0.29) is 17.6 Å². The quantitative estimate of drug-likeness (QED) is 0.396. The molecule has 0 saturated heterocycles. The minimum atomic E-state index is -0.141. The average molecular weight is 456 g/mol. The number of carbonyl (C=O) groups is 2. The molecule has 2 heterocycles. The molecule has 31 heavy (non-hydrogen) atoms. The normalized spacial score (nSPS) is 13.9. The van der Waals surface area contributed by atoms with E-state index < -0.39 is 0 Å². The van der Waals surface area contributed by atoms with Crippen LogP contribution < -0.4 is 10.6 Å². The minimum Gasteiger partial charge on any atom is -0.325 e. The smallest absolute Gasteiger partial charge is 0.265 e. The summed E-state index contributed by atoms with van der Waals surface area (Å²) in [6, 6.07) is 10.7. The number of hydrogen-bond donors (Lipinski definition) is 3. The number of rotatable bonds is 9. The highest BCUT2D eigenvalue weighted by atomic mass is 32.2. The van der Waals surface area contributed by atoms with Crippen LogP contribution in [0.1, 0.15) is 47.6 Å². The van der Waals surface area contributed by atoms with E-state index in [9.17, 15) is 9.59 Å². The van der Waals surface area contributed by atoms with Gasteiger partial charge in [0.05, 0.1) is 10.6 Å². The Hall–Kier alpha value is -2.65. The van der Waals surface area contributed by atoms with E-state index in [1.165, 1.54) is 48.8 Å². The molecule has 1 fully saturated rings. The number of nitrogens with zero attached hydrogens (tertiary/aromatic N) is 2. The maximum absolute atomic E-state index is 12.2. The second-order valence-electron chi connectivity index (χ2n) is 7.60. The Morgan fingerprint density at radius 2 is 1.84 bits per heavy atom. The molecule has 2 aromatic heterocycles. The van der Waals surface area contributed by atoms with Crippen LogP contribution in [0.4, 0.5) is 11.4 Å². The van der Waals surface area contributed by atoms with Crippen LogP contribution in [0.15, 0.2) is 46.9 Å². The largest absolute Gasteiger partial charge is 0.325 e. The monoisotopic (exact) mass is 455 g/mol. The van der Waals surface area contributed by atoms with Crippen LogP contribution in [0.25, 0.3) is 0 Å². The van der Waals surface area contributed by atoms with Gasteiger partial charge in [0.1, 0.15) is 5.82 Å². The van der Waals surface area contributed by atoms with Gasteiger partial charge in [0, 0.05) is 17.8 Å². The molecule has 7 nitrogen and oxygen atoms in total. The fraction of sp³-hybridized carbons (Fsp3) is 0.364. The van der Waals surface area contributed by atoms with Gasteiger partial charge in [-0.25, -0.2) is 4.98 Å². The predicted molar refractivity (Wildman–Crippen MR) is 125 cm³/mol. The van der Waals surface area contributed by atoms with Gasteiger partial charge >= 0.3 is 0 Å². The Morgan fingerprint density at radius 1 is 1.10 bits per heavy atom. The number of hydrogen-bond acceptors (Lipinski definition) is 6. The SMILES string of the molecule is O=C(CSc1n[nH]c(CCC2CCCC2)n1)Nc1ccc(NC(=O)c2cccs2)cc1. The zero-order chi connectivity index (χ0) is 21.5. The number of anilines is 2. The van der Waals surface area contributed by atoms with Crippen molar-refractivity contribution in [2.45, 2.75) is 43.7 Å². The molecule has 2 amide bonds. The summed E-state index contributed by atoms with van der Waals surface area (Å²) in [5, 5.41) is 15.3. The number of thioether (sulfide) groups is 1. The summed E-state index contributed by atoms with van der Waals surface area (Å²) in [5.41, 5.74) is 1.35. The first-order valence-electron chi connectivity index (χ1n) is 10.4. The molecule has 3 aromatic rings. The molecular weight excluding hydrogens is 430 g/mol. The number of aromatic amines is 1. The highest BCUT2D eigenvalue weighted by Gasteiger charge is 2.16. The van der Waals surface area contributed by atoms with Gasteiger partial charge < -0.3 is 10.6 Å². The van der Waals surface area contributed by atoms with Crippen molar-refractivity contribution in [3.8, 4) is 0 Å². The summed E-state index contributed by atoms with van der Waals surface area (Å²) >= 11 is 2.71. The molecule has 0 bridgehead atoms. The average Bonchev–Trinajstić information content (AvgIpc) is 3.55. The van der Waals surface area contributed by atoms with Crippen LogP contribution in [0, 0.1) is 5.92 Å². The topological polar surface area (TPSA) is 99.8 Å². The molecule has 4 rings (SSSR count). The molecule has 9 heteroatoms. The first-order chi connectivity index (χ1) is 15.2. The second-order valence-corrected chi connectivity index (χ2v) is 9.49. The minimum absolute atomic E-state index is 0.127. The van der Waals surface area contributed by atoms with E-state index >= 15 is 0 Å². The number of aromatic nitrogens is 3. The van der Waals surface area contributed by atoms with Crippen molar-refractivity contribution in [3.63, 3.8) is 0 Å². The molecule has 1 saturated carbocycles. The van der Waals surface area contributed by atoms with Gasteiger partial charge in [0.2, 0.25) is 11.1 Å². The van der Waals surface area contributed by atoms with Gasteiger partial charge in [0.15, 0.2) is 0 Å². The molecule has 0 aliphatic heterocycles. The summed E-state index contributed by atoms with van der Waals surface area (Å²) in [5.74, 6) is 1.68. The van der Waals surface area contributed by atoms with Crippen LogP contribution in [-0.2, 0) is 11.2 Å². The first kappa shape index (κ1) is 21.6. The molecule has 1 aromatic carbocycles. The lowest BCUT2D eigenvalue weighted by Crippen LogP contribution is -2.14. The lowest BCUT2D eigenvalue weighted by molar-refractivity contribution is -0.113. The molecular formula is C22H25N5O2S2. The lowest BCUT2D eigenvalue weighted by atomic mass is 10.0. The third-order valence-corrected chi connectivity index (χ3v) is 7.00. The number of benzene rings is 1. The van der Waals surface area contributed by atoms with Gasteiger partial charge in [-0.15, -0.1) is 16.4 Å². The number of H-pyrrole nitrogens is 1. The number of thiophene rings is 1. The number of amides is 2. The summed E-state index contributed by atoms with van der Waals surface area (Å²) in [4.78, 5) is 29.5. The Labute approximate surface area is 189 Å². The van der Waals surface area contributed by atoms with Gasteiger partial charge in [0.25, 0.3) is 5.91 Å². The van der Waals surface area contributed by atoms with E-state index in [4.69, 9.17) is 0 Å². The molecule has 0 atom stereocenters. The van der Waals surface area contributed by atoms with E-state index in [1.807, 2.05) is 11.4 Å². The highest BCUT2D eigenvalue weighted by molar-refractivity contribution is 7.99. The summed E-state index contributed by atoms with van der Waals surface area (Å²) < 4.78 is 0. The van der Waals surface area contributed by atoms with Crippen LogP contribution in [0.5, 0.6) is 0 Å². The van der Waals surface area contributed by atoms with Crippen LogP contribution >= 0.6 is 23.1 Å². The van der Waals surface area contributed by atoms with Crippen molar-refractivity contribution in [1.29, 1.82) is 0 Å². The van der Waals surface area contributed by atoms with Crippen molar-refractivity contribution in [2.24, 2.45) is 5.92 Å². The molecule has 162 valence electrons. The lowest BCUT2D eigenvalue weighted by Gasteiger charge is -2.07. The standard InChI is InChI=1S/C22H25N5O2S2/c28-20(14-31-22-25-19(26-27-22)12-7-15-4-1-2-5-15)23-16-8-10-17(11-9-16)24-21(29)18-6-3-13-30-18/h3,6,8-11,13,15H,1-2,4-5,7,12,14H2,(H,23,28)(H,24,29)(H,25,26,27). The zero-order valence-electron chi connectivity index (χ0n) is 17.1. The van der Waals surface area contributed by atoms with E-state index in [1.54, 1.807) is 30.3 Å². The third-order valence-electron chi connectivity index (χ3n) is 5.28. The van der Waals surface area contributed by atoms with Crippen molar-refractivity contribution >= 4 is 46.3 Å². The molecule has 0 spiro atoms. The van der Waals surface area contributed by atoms with E-state index in [0.717, 1.165) is 24.6 Å². The third kappa shape index (κ3) is 6.41. The van der Waals surface area contributed by atoms with Gasteiger partial charge in [-0.2, -0.15) is 0 Å². The van der Waals surface area contributed by atoms with Gasteiger partial charge in [-0.3, -0.25) is 14.7 Å². The Bertz CT molecular complexity index is 995. The fourth-order valence-electron chi connectivity index (χ4n) is 3.66. The number of aryl methyl sites for hydroxylation is 1. The first-order valence-corrected chi connectivity index (χ1v) is 12.3.